The Balaban J connectivity index is 2.22. The molecule has 1 rings (SSSR count). The maximum absolute atomic E-state index is 12.9. The van der Waals surface area contributed by atoms with Gasteiger partial charge in [-0.1, -0.05) is 193 Å². The van der Waals surface area contributed by atoms with Gasteiger partial charge in [-0.15, -0.1) is 0 Å². The van der Waals surface area contributed by atoms with Crippen LogP contribution in [-0.4, -0.2) is 87.5 Å². The molecule has 0 spiro atoms. The predicted molar refractivity (Wildman–Crippen MR) is 217 cm³/mol. The van der Waals surface area contributed by atoms with Gasteiger partial charge < -0.3 is 40.3 Å². The number of ether oxygens (including phenoxy) is 2. The molecule has 1 amide bonds. The van der Waals surface area contributed by atoms with Gasteiger partial charge in [0.15, 0.2) is 6.29 Å². The largest absolute Gasteiger partial charge is 0.394 e. The van der Waals surface area contributed by atoms with E-state index < -0.39 is 49.5 Å². The summed E-state index contributed by atoms with van der Waals surface area (Å²) in [5, 5.41) is 53.9. The molecule has 0 aromatic heterocycles. The molecule has 9 nitrogen and oxygen atoms in total. The van der Waals surface area contributed by atoms with Gasteiger partial charge in [0.2, 0.25) is 5.91 Å². The first-order valence-electron chi connectivity index (χ1n) is 22.4. The smallest absolute Gasteiger partial charge is 0.220 e. The first kappa shape index (κ1) is 49.9. The van der Waals surface area contributed by atoms with E-state index in [4.69, 9.17) is 9.47 Å². The third-order valence-electron chi connectivity index (χ3n) is 10.9. The first-order valence-corrected chi connectivity index (χ1v) is 22.4. The van der Waals surface area contributed by atoms with Crippen LogP contribution in [0.2, 0.25) is 0 Å². The highest BCUT2D eigenvalue weighted by atomic mass is 16.7. The third kappa shape index (κ3) is 26.4. The molecule has 1 aliphatic heterocycles. The second kappa shape index (κ2) is 35.4. The minimum absolute atomic E-state index is 0.177. The lowest BCUT2D eigenvalue weighted by atomic mass is 9.99. The van der Waals surface area contributed by atoms with Crippen molar-refractivity contribution >= 4 is 5.91 Å². The van der Waals surface area contributed by atoms with E-state index in [1.54, 1.807) is 6.08 Å². The Bertz CT molecular complexity index is 842. The Morgan fingerprint density at radius 2 is 1.04 bits per heavy atom. The summed E-state index contributed by atoms with van der Waals surface area (Å²) in [6, 6.07) is -0.796. The number of carbonyl (C=O) groups excluding carboxylic acids is 1. The number of aliphatic hydroxyl groups is 5. The summed E-state index contributed by atoms with van der Waals surface area (Å²) >= 11 is 0. The third-order valence-corrected chi connectivity index (χ3v) is 10.9. The zero-order valence-electron chi connectivity index (χ0n) is 34.3. The minimum Gasteiger partial charge on any atom is -0.394 e. The summed E-state index contributed by atoms with van der Waals surface area (Å²) < 4.78 is 11.2. The van der Waals surface area contributed by atoms with Crippen LogP contribution in [0.15, 0.2) is 12.2 Å². The number of rotatable bonds is 37. The molecule has 0 aliphatic carbocycles. The Labute approximate surface area is 325 Å². The molecule has 7 unspecified atom stereocenters. The van der Waals surface area contributed by atoms with Gasteiger partial charge in [0.05, 0.1) is 25.4 Å². The molecule has 314 valence electrons. The summed E-state index contributed by atoms with van der Waals surface area (Å²) in [5.41, 5.74) is 0. The molecule has 1 saturated heterocycles. The van der Waals surface area contributed by atoms with E-state index >= 15 is 0 Å². The number of nitrogens with one attached hydrogen (secondary N) is 1. The minimum atomic E-state index is -1.56. The highest BCUT2D eigenvalue weighted by Gasteiger charge is 2.44. The molecule has 1 heterocycles. The monoisotopic (exact) mass is 756 g/mol. The van der Waals surface area contributed by atoms with Gasteiger partial charge >= 0.3 is 0 Å². The highest BCUT2D eigenvalue weighted by Crippen LogP contribution is 2.23. The molecular formula is C44H85NO8. The first-order chi connectivity index (χ1) is 25.8. The van der Waals surface area contributed by atoms with Crippen LogP contribution in [0.25, 0.3) is 0 Å². The van der Waals surface area contributed by atoms with Crippen LogP contribution in [0.5, 0.6) is 0 Å². The average Bonchev–Trinajstić information content (AvgIpc) is 3.16. The van der Waals surface area contributed by atoms with Gasteiger partial charge in [0.25, 0.3) is 0 Å². The number of amides is 1. The van der Waals surface area contributed by atoms with Gasteiger partial charge in [-0.2, -0.15) is 0 Å². The number of hydrogen-bond acceptors (Lipinski definition) is 8. The second-order valence-electron chi connectivity index (χ2n) is 15.9. The number of allylic oxidation sites excluding steroid dienone is 1. The molecule has 0 saturated carbocycles. The molecule has 1 fully saturated rings. The van der Waals surface area contributed by atoms with Crippen LogP contribution in [0, 0.1) is 0 Å². The molecule has 1 aliphatic rings. The SMILES string of the molecule is CCCCCCCC/C=C/C(O)C(COC1OC(CO)C(O)C(O)C1O)NC(=O)CCCCCCCCCCCCCCCCCCCCCCCC. The van der Waals surface area contributed by atoms with Crippen molar-refractivity contribution in [1.29, 1.82) is 0 Å². The van der Waals surface area contributed by atoms with E-state index in [-0.39, 0.29) is 12.5 Å². The second-order valence-corrected chi connectivity index (χ2v) is 15.9. The van der Waals surface area contributed by atoms with Crippen LogP contribution in [-0.2, 0) is 14.3 Å². The lowest BCUT2D eigenvalue weighted by Crippen LogP contribution is -2.60. The van der Waals surface area contributed by atoms with Crippen molar-refractivity contribution < 1.29 is 39.8 Å². The van der Waals surface area contributed by atoms with Crippen molar-refractivity contribution in [3.8, 4) is 0 Å². The summed E-state index contributed by atoms with van der Waals surface area (Å²) in [6.07, 6.45) is 32.8. The average molecular weight is 756 g/mol. The fraction of sp³-hybridized carbons (Fsp3) is 0.932. The maximum Gasteiger partial charge on any atom is 0.220 e. The summed E-state index contributed by atoms with van der Waals surface area (Å²) in [4.78, 5) is 12.9. The van der Waals surface area contributed by atoms with Crippen LogP contribution in [0.4, 0.5) is 0 Å². The molecule has 7 atom stereocenters. The summed E-state index contributed by atoms with van der Waals surface area (Å²) in [7, 11) is 0. The molecular weight excluding hydrogens is 670 g/mol. The molecule has 0 aromatic rings. The van der Waals surface area contributed by atoms with E-state index in [1.165, 1.54) is 148 Å². The Kier molecular flexibility index (Phi) is 33.3. The zero-order valence-corrected chi connectivity index (χ0v) is 34.3. The Morgan fingerprint density at radius 1 is 0.623 bits per heavy atom. The van der Waals surface area contributed by atoms with E-state index in [2.05, 4.69) is 19.2 Å². The summed E-state index contributed by atoms with van der Waals surface area (Å²) in [6.45, 7) is 3.73. The standard InChI is InChI=1S/C44H85NO8/c1-3-5-7-9-11-13-14-15-16-17-18-19-20-21-22-23-24-25-26-28-30-32-34-40(48)45-37(38(47)33-31-29-27-12-10-8-6-4-2)36-52-44-43(51)42(50)41(49)39(35-46)53-44/h31,33,37-39,41-44,46-47,49-51H,3-30,32,34-36H2,1-2H3,(H,45,48)/b33-31+. The number of hydrogen-bond donors (Lipinski definition) is 6. The van der Waals surface area contributed by atoms with Crippen LogP contribution in [0.1, 0.15) is 206 Å². The molecule has 6 N–H and O–H groups in total. The van der Waals surface area contributed by atoms with Crippen molar-refractivity contribution in [1.82, 2.24) is 5.32 Å². The van der Waals surface area contributed by atoms with E-state index in [9.17, 15) is 30.3 Å². The molecule has 9 heteroatoms. The fourth-order valence-corrected chi connectivity index (χ4v) is 7.21. The Morgan fingerprint density at radius 3 is 1.47 bits per heavy atom. The number of aliphatic hydroxyl groups excluding tert-OH is 5. The van der Waals surface area contributed by atoms with Gasteiger partial charge in [0, 0.05) is 6.42 Å². The van der Waals surface area contributed by atoms with Crippen LogP contribution in [0.3, 0.4) is 0 Å². The van der Waals surface area contributed by atoms with E-state index in [0.29, 0.717) is 6.42 Å². The Hall–Kier alpha value is -1.07. The van der Waals surface area contributed by atoms with Gasteiger partial charge in [0.1, 0.15) is 24.4 Å². The molecule has 0 bridgehead atoms. The van der Waals surface area contributed by atoms with E-state index in [0.717, 1.165) is 38.5 Å². The predicted octanol–water partition coefficient (Wildman–Crippen LogP) is 8.95. The highest BCUT2D eigenvalue weighted by molar-refractivity contribution is 5.76. The van der Waals surface area contributed by atoms with Gasteiger partial charge in [-0.05, 0) is 19.3 Å². The fourth-order valence-electron chi connectivity index (χ4n) is 7.21. The van der Waals surface area contributed by atoms with Crippen molar-refractivity contribution in [2.24, 2.45) is 0 Å². The molecule has 0 aromatic carbocycles. The van der Waals surface area contributed by atoms with Crippen molar-refractivity contribution in [3.63, 3.8) is 0 Å². The van der Waals surface area contributed by atoms with Crippen molar-refractivity contribution in [2.75, 3.05) is 13.2 Å². The number of unbranched alkanes of at least 4 members (excludes halogenated alkanes) is 27. The molecule has 0 radical (unpaired) electrons. The number of carbonyl (C=O) groups is 1. The van der Waals surface area contributed by atoms with Crippen molar-refractivity contribution in [2.45, 2.75) is 249 Å². The molecule has 53 heavy (non-hydrogen) atoms. The van der Waals surface area contributed by atoms with Crippen LogP contribution < -0.4 is 5.32 Å². The lowest BCUT2D eigenvalue weighted by Gasteiger charge is -2.40. The lowest BCUT2D eigenvalue weighted by molar-refractivity contribution is -0.302. The van der Waals surface area contributed by atoms with Crippen molar-refractivity contribution in [3.05, 3.63) is 12.2 Å². The van der Waals surface area contributed by atoms with Gasteiger partial charge in [-0.3, -0.25) is 4.79 Å². The maximum atomic E-state index is 12.9. The quantitative estimate of drug-likeness (QED) is 0.0272. The summed E-state index contributed by atoms with van der Waals surface area (Å²) in [5.74, 6) is -0.177. The topological polar surface area (TPSA) is 149 Å². The zero-order chi connectivity index (χ0) is 38.8. The van der Waals surface area contributed by atoms with E-state index in [1.807, 2.05) is 6.08 Å². The van der Waals surface area contributed by atoms with Crippen LogP contribution >= 0.6 is 0 Å². The normalized spacial score (nSPS) is 21.7. The van der Waals surface area contributed by atoms with Gasteiger partial charge in [-0.25, -0.2) is 0 Å².